The van der Waals surface area contributed by atoms with E-state index in [1.165, 1.54) is 17.8 Å². The smallest absolute Gasteiger partial charge is 0.281 e. The van der Waals surface area contributed by atoms with Crippen LogP contribution in [0.15, 0.2) is 32.7 Å². The number of nitrogens with one attached hydrogen (secondary N) is 1. The van der Waals surface area contributed by atoms with E-state index in [9.17, 15) is 4.39 Å². The number of methoxy groups -OCH3 is 1. The Morgan fingerprint density at radius 3 is 2.95 bits per heavy atom. The van der Waals surface area contributed by atoms with Crippen LogP contribution < -0.4 is 5.32 Å². The minimum atomic E-state index is -0.254. The van der Waals surface area contributed by atoms with E-state index in [4.69, 9.17) is 9.15 Å². The van der Waals surface area contributed by atoms with Crippen LogP contribution in [0.4, 0.5) is 4.39 Å². The van der Waals surface area contributed by atoms with Crippen molar-refractivity contribution in [2.45, 2.75) is 23.6 Å². The van der Waals surface area contributed by atoms with Crippen molar-refractivity contribution < 1.29 is 13.5 Å². The number of ether oxygens (including phenoxy) is 1. The number of halogens is 1. The molecule has 108 valence electrons. The predicted molar refractivity (Wildman–Crippen MR) is 73.1 cm³/mol. The Bertz CT molecular complexity index is 562. The summed E-state index contributed by atoms with van der Waals surface area (Å²) in [5.41, 5.74) is 0.587. The molecule has 0 spiro atoms. The molecule has 0 aliphatic carbocycles. The maximum absolute atomic E-state index is 13.9. The van der Waals surface area contributed by atoms with E-state index in [2.05, 4.69) is 15.5 Å². The van der Waals surface area contributed by atoms with Gasteiger partial charge in [-0.25, -0.2) is 4.39 Å². The van der Waals surface area contributed by atoms with E-state index >= 15 is 0 Å². The summed E-state index contributed by atoms with van der Waals surface area (Å²) >= 11 is 1.26. The largest absolute Gasteiger partial charge is 0.416 e. The average molecular weight is 297 g/mol. The second kappa shape index (κ2) is 7.37. The molecule has 0 radical (unpaired) electrons. The van der Waals surface area contributed by atoms with Crippen LogP contribution in [-0.2, 0) is 11.3 Å². The zero-order valence-electron chi connectivity index (χ0n) is 11.4. The first-order valence-electron chi connectivity index (χ1n) is 6.15. The van der Waals surface area contributed by atoms with Gasteiger partial charge in [-0.2, -0.15) is 0 Å². The summed E-state index contributed by atoms with van der Waals surface area (Å²) in [6.45, 7) is 3.38. The standard InChI is InChI=1S/C13H16FN3O2S/c1-9-16-17-13(19-9)20-12-5-3-4-11(14)10(12)8-15-6-7-18-2/h3-5,15H,6-8H2,1-2H3. The van der Waals surface area contributed by atoms with Crippen LogP contribution >= 0.6 is 11.8 Å². The van der Waals surface area contributed by atoms with Gasteiger partial charge in [-0.3, -0.25) is 0 Å². The third kappa shape index (κ3) is 4.03. The van der Waals surface area contributed by atoms with Crippen LogP contribution in [0.25, 0.3) is 0 Å². The van der Waals surface area contributed by atoms with Gasteiger partial charge in [-0.05, 0) is 23.9 Å². The van der Waals surface area contributed by atoms with Gasteiger partial charge in [0.15, 0.2) is 0 Å². The Labute approximate surface area is 120 Å². The van der Waals surface area contributed by atoms with Crippen LogP contribution in [-0.4, -0.2) is 30.5 Å². The summed E-state index contributed by atoms with van der Waals surface area (Å²) in [5, 5.41) is 11.2. The molecule has 0 aliphatic rings. The lowest BCUT2D eigenvalue weighted by Gasteiger charge is -2.09. The van der Waals surface area contributed by atoms with E-state index in [1.54, 1.807) is 20.1 Å². The minimum Gasteiger partial charge on any atom is -0.416 e. The highest BCUT2D eigenvalue weighted by Crippen LogP contribution is 2.30. The highest BCUT2D eigenvalue weighted by atomic mass is 32.2. The van der Waals surface area contributed by atoms with Crippen molar-refractivity contribution in [3.8, 4) is 0 Å². The molecule has 0 fully saturated rings. The summed E-state index contributed by atoms with van der Waals surface area (Å²) in [6, 6.07) is 4.94. The molecule has 0 amide bonds. The number of rotatable bonds is 7. The number of aromatic nitrogens is 2. The molecular formula is C13H16FN3O2S. The summed E-state index contributed by atoms with van der Waals surface area (Å²) in [7, 11) is 1.63. The van der Waals surface area contributed by atoms with Gasteiger partial charge in [0.2, 0.25) is 5.89 Å². The number of nitrogens with zero attached hydrogens (tertiary/aromatic N) is 2. The molecule has 20 heavy (non-hydrogen) atoms. The lowest BCUT2D eigenvalue weighted by molar-refractivity contribution is 0.199. The lowest BCUT2D eigenvalue weighted by Crippen LogP contribution is -2.19. The zero-order valence-corrected chi connectivity index (χ0v) is 12.2. The Morgan fingerprint density at radius 1 is 1.40 bits per heavy atom. The summed E-state index contributed by atoms with van der Waals surface area (Å²) in [5.74, 6) is 0.236. The van der Waals surface area contributed by atoms with E-state index in [-0.39, 0.29) is 5.82 Å². The second-order valence-electron chi connectivity index (χ2n) is 4.08. The van der Waals surface area contributed by atoms with Crippen LogP contribution in [0.3, 0.4) is 0 Å². The van der Waals surface area contributed by atoms with Crippen molar-refractivity contribution >= 4 is 11.8 Å². The van der Waals surface area contributed by atoms with Crippen molar-refractivity contribution in [2.24, 2.45) is 0 Å². The fourth-order valence-electron chi connectivity index (χ4n) is 1.61. The number of aryl methyl sites for hydroxylation is 1. The maximum atomic E-state index is 13.9. The number of hydrogen-bond donors (Lipinski definition) is 1. The maximum Gasteiger partial charge on any atom is 0.281 e. The van der Waals surface area contributed by atoms with Gasteiger partial charge in [0.05, 0.1) is 6.61 Å². The number of hydrogen-bond acceptors (Lipinski definition) is 6. The van der Waals surface area contributed by atoms with Gasteiger partial charge in [0.25, 0.3) is 5.22 Å². The van der Waals surface area contributed by atoms with E-state index in [1.807, 2.05) is 6.07 Å². The number of benzene rings is 1. The minimum absolute atomic E-state index is 0.254. The van der Waals surface area contributed by atoms with Crippen molar-refractivity contribution in [1.29, 1.82) is 0 Å². The van der Waals surface area contributed by atoms with E-state index in [0.29, 0.717) is 36.4 Å². The first-order valence-corrected chi connectivity index (χ1v) is 6.97. The Hall–Kier alpha value is -1.44. The molecule has 1 N–H and O–H groups in total. The summed E-state index contributed by atoms with van der Waals surface area (Å²) < 4.78 is 24.2. The SMILES string of the molecule is COCCNCc1c(F)cccc1Sc1nnc(C)o1. The van der Waals surface area contributed by atoms with Crippen molar-refractivity contribution in [2.75, 3.05) is 20.3 Å². The molecule has 5 nitrogen and oxygen atoms in total. The molecule has 0 unspecified atom stereocenters. The molecule has 0 saturated heterocycles. The summed E-state index contributed by atoms with van der Waals surface area (Å²) in [4.78, 5) is 0.763. The van der Waals surface area contributed by atoms with Crippen molar-refractivity contribution in [1.82, 2.24) is 15.5 Å². The molecule has 0 atom stereocenters. The van der Waals surface area contributed by atoms with Crippen molar-refractivity contribution in [3.63, 3.8) is 0 Å². The van der Waals surface area contributed by atoms with Crippen LogP contribution in [0, 0.1) is 12.7 Å². The first kappa shape index (κ1) is 15.0. The highest BCUT2D eigenvalue weighted by molar-refractivity contribution is 7.99. The molecular weight excluding hydrogens is 281 g/mol. The fraction of sp³-hybridized carbons (Fsp3) is 0.385. The van der Waals surface area contributed by atoms with Crippen LogP contribution in [0.2, 0.25) is 0 Å². The Balaban J connectivity index is 2.09. The van der Waals surface area contributed by atoms with Crippen molar-refractivity contribution in [3.05, 3.63) is 35.5 Å². The predicted octanol–water partition coefficient (Wildman–Crippen LogP) is 2.40. The van der Waals surface area contributed by atoms with E-state index < -0.39 is 0 Å². The lowest BCUT2D eigenvalue weighted by atomic mass is 10.2. The van der Waals surface area contributed by atoms with Gasteiger partial charge < -0.3 is 14.5 Å². The Kier molecular flexibility index (Phi) is 5.51. The molecule has 0 aliphatic heterocycles. The third-order valence-corrected chi connectivity index (χ3v) is 3.51. The monoisotopic (exact) mass is 297 g/mol. The average Bonchev–Trinajstić information content (AvgIpc) is 2.83. The molecule has 0 saturated carbocycles. The van der Waals surface area contributed by atoms with Gasteiger partial charge in [0, 0.05) is 37.6 Å². The summed E-state index contributed by atoms with van der Waals surface area (Å²) in [6.07, 6.45) is 0. The van der Waals surface area contributed by atoms with E-state index in [0.717, 1.165) is 4.90 Å². The third-order valence-electron chi connectivity index (χ3n) is 2.57. The molecule has 1 aromatic carbocycles. The topological polar surface area (TPSA) is 60.2 Å². The first-order chi connectivity index (χ1) is 9.70. The molecule has 0 bridgehead atoms. The second-order valence-corrected chi connectivity index (χ2v) is 5.07. The quantitative estimate of drug-likeness (QED) is 0.792. The highest BCUT2D eigenvalue weighted by Gasteiger charge is 2.12. The molecule has 7 heteroatoms. The molecule has 2 rings (SSSR count). The Morgan fingerprint density at radius 2 is 2.25 bits per heavy atom. The van der Waals surface area contributed by atoms with Crippen LogP contribution in [0.1, 0.15) is 11.5 Å². The van der Waals surface area contributed by atoms with Crippen LogP contribution in [0.5, 0.6) is 0 Å². The van der Waals surface area contributed by atoms with Gasteiger partial charge in [-0.1, -0.05) is 6.07 Å². The molecule has 1 aromatic heterocycles. The van der Waals surface area contributed by atoms with Gasteiger partial charge in [-0.15, -0.1) is 10.2 Å². The normalized spacial score (nSPS) is 10.9. The molecule has 2 aromatic rings. The molecule has 1 heterocycles. The fourth-order valence-corrected chi connectivity index (χ4v) is 2.48. The van der Waals surface area contributed by atoms with Gasteiger partial charge in [0.1, 0.15) is 5.82 Å². The van der Waals surface area contributed by atoms with Gasteiger partial charge >= 0.3 is 0 Å². The zero-order chi connectivity index (χ0) is 14.4.